The van der Waals surface area contributed by atoms with Gasteiger partial charge in [-0.3, -0.25) is 19.3 Å². The van der Waals surface area contributed by atoms with Gasteiger partial charge < -0.3 is 14.2 Å². The van der Waals surface area contributed by atoms with E-state index in [0.29, 0.717) is 22.1 Å². The summed E-state index contributed by atoms with van der Waals surface area (Å²) in [5.41, 5.74) is 1.48. The molecule has 1 heterocycles. The van der Waals surface area contributed by atoms with E-state index in [2.05, 4.69) is 4.74 Å². The van der Waals surface area contributed by atoms with Crippen molar-refractivity contribution < 1.29 is 28.6 Å². The number of rotatable bonds is 7. The fourth-order valence-electron chi connectivity index (χ4n) is 2.65. The topological polar surface area (TPSA) is 82.1 Å². The third kappa shape index (κ3) is 4.95. The molecule has 2 aromatic carbocycles. The molecule has 1 saturated heterocycles. The second kappa shape index (κ2) is 9.69. The number of thioether (sulfide) groups is 1. The number of benzene rings is 2. The molecule has 0 atom stereocenters. The van der Waals surface area contributed by atoms with Crippen molar-refractivity contribution in [3.05, 3.63) is 63.5 Å². The standard InChI is InChI=1S/C21H18ClNO6S/c1-27-17-9-13(7-8-16(17)29-12-14-5-3-4-6-15(14)22)10-18-20(25)23(21(26)30-18)11-19(24)28-2/h3-10H,11-12H2,1-2H3/b18-10-. The lowest BCUT2D eigenvalue weighted by molar-refractivity contribution is -0.143. The summed E-state index contributed by atoms with van der Waals surface area (Å²) in [6.07, 6.45) is 1.56. The van der Waals surface area contributed by atoms with Gasteiger partial charge in [0.2, 0.25) is 0 Å². The Morgan fingerprint density at radius 1 is 1.13 bits per heavy atom. The lowest BCUT2D eigenvalue weighted by Crippen LogP contribution is -2.34. The third-order valence-electron chi connectivity index (χ3n) is 4.21. The molecule has 0 radical (unpaired) electrons. The van der Waals surface area contributed by atoms with Crippen molar-refractivity contribution >= 4 is 46.6 Å². The Bertz CT molecular complexity index is 1020. The molecule has 0 saturated carbocycles. The van der Waals surface area contributed by atoms with Gasteiger partial charge in [-0.25, -0.2) is 0 Å². The van der Waals surface area contributed by atoms with Crippen LogP contribution in [0.4, 0.5) is 4.79 Å². The number of imide groups is 1. The van der Waals surface area contributed by atoms with Gasteiger partial charge in [-0.2, -0.15) is 0 Å². The van der Waals surface area contributed by atoms with Crippen molar-refractivity contribution in [1.82, 2.24) is 4.90 Å². The van der Waals surface area contributed by atoms with Crippen LogP contribution in [0.15, 0.2) is 47.4 Å². The zero-order valence-corrected chi connectivity index (χ0v) is 17.8. The first-order valence-corrected chi connectivity index (χ1v) is 9.98. The second-order valence-corrected chi connectivity index (χ2v) is 7.53. The van der Waals surface area contributed by atoms with E-state index < -0.39 is 23.7 Å². The monoisotopic (exact) mass is 447 g/mol. The molecular formula is C21H18ClNO6S. The number of halogens is 1. The minimum absolute atomic E-state index is 0.204. The predicted octanol–water partition coefficient (Wildman–Crippen LogP) is 4.14. The molecular weight excluding hydrogens is 430 g/mol. The van der Waals surface area contributed by atoms with Crippen molar-refractivity contribution in [1.29, 1.82) is 0 Å². The highest BCUT2D eigenvalue weighted by Gasteiger charge is 2.36. The Balaban J connectivity index is 1.76. The first kappa shape index (κ1) is 21.7. The molecule has 1 aliphatic heterocycles. The van der Waals surface area contributed by atoms with Gasteiger partial charge in [0.25, 0.3) is 11.1 Å². The van der Waals surface area contributed by atoms with E-state index in [9.17, 15) is 14.4 Å². The zero-order chi connectivity index (χ0) is 21.7. The lowest BCUT2D eigenvalue weighted by atomic mass is 10.1. The molecule has 2 amide bonds. The Kier molecular flexibility index (Phi) is 7.02. The lowest BCUT2D eigenvalue weighted by Gasteiger charge is -2.12. The number of esters is 1. The molecule has 0 aliphatic carbocycles. The fraction of sp³-hybridized carbons (Fsp3) is 0.190. The van der Waals surface area contributed by atoms with Crippen LogP contribution in [-0.4, -0.2) is 42.8 Å². The van der Waals surface area contributed by atoms with E-state index in [1.807, 2.05) is 18.2 Å². The summed E-state index contributed by atoms with van der Waals surface area (Å²) in [6, 6.07) is 12.5. The van der Waals surface area contributed by atoms with E-state index in [4.69, 9.17) is 21.1 Å². The molecule has 3 rings (SSSR count). The van der Waals surface area contributed by atoms with Gasteiger partial charge in [0.15, 0.2) is 11.5 Å². The Labute approximate surface area is 182 Å². The smallest absolute Gasteiger partial charge is 0.325 e. The Hall–Kier alpha value is -2.97. The summed E-state index contributed by atoms with van der Waals surface area (Å²) >= 11 is 6.91. The van der Waals surface area contributed by atoms with Crippen LogP contribution < -0.4 is 9.47 Å². The fourth-order valence-corrected chi connectivity index (χ4v) is 3.67. The number of carbonyl (C=O) groups is 3. The maximum atomic E-state index is 12.4. The molecule has 1 fully saturated rings. The summed E-state index contributed by atoms with van der Waals surface area (Å²) in [5.74, 6) is -0.244. The van der Waals surface area contributed by atoms with Crippen molar-refractivity contribution in [2.75, 3.05) is 20.8 Å². The van der Waals surface area contributed by atoms with Gasteiger partial charge in [0.1, 0.15) is 13.2 Å². The van der Waals surface area contributed by atoms with Crippen molar-refractivity contribution in [3.8, 4) is 11.5 Å². The molecule has 9 heteroatoms. The van der Waals surface area contributed by atoms with E-state index in [1.54, 1.807) is 30.3 Å². The van der Waals surface area contributed by atoms with E-state index in [-0.39, 0.29) is 11.5 Å². The highest BCUT2D eigenvalue weighted by molar-refractivity contribution is 8.18. The summed E-state index contributed by atoms with van der Waals surface area (Å²) < 4.78 is 15.7. The van der Waals surface area contributed by atoms with Crippen LogP contribution in [0.5, 0.6) is 11.5 Å². The average molecular weight is 448 g/mol. The van der Waals surface area contributed by atoms with Gasteiger partial charge in [-0.1, -0.05) is 35.9 Å². The highest BCUT2D eigenvalue weighted by atomic mass is 35.5. The van der Waals surface area contributed by atoms with Crippen LogP contribution in [0.3, 0.4) is 0 Å². The number of nitrogens with zero attached hydrogens (tertiary/aromatic N) is 1. The normalized spacial score (nSPS) is 14.9. The van der Waals surface area contributed by atoms with Crippen LogP contribution in [0, 0.1) is 0 Å². The Morgan fingerprint density at radius 3 is 2.60 bits per heavy atom. The van der Waals surface area contributed by atoms with Gasteiger partial charge >= 0.3 is 5.97 Å². The van der Waals surface area contributed by atoms with Crippen molar-refractivity contribution in [2.24, 2.45) is 0 Å². The third-order valence-corrected chi connectivity index (χ3v) is 5.49. The molecule has 30 heavy (non-hydrogen) atoms. The van der Waals surface area contributed by atoms with Gasteiger partial charge in [-0.05, 0) is 41.6 Å². The molecule has 0 N–H and O–H groups in total. The molecule has 0 aromatic heterocycles. The summed E-state index contributed by atoms with van der Waals surface area (Å²) in [6.45, 7) is -0.154. The van der Waals surface area contributed by atoms with Gasteiger partial charge in [0, 0.05) is 10.6 Å². The quantitative estimate of drug-likeness (QED) is 0.466. The van der Waals surface area contributed by atoms with Crippen LogP contribution in [0.1, 0.15) is 11.1 Å². The molecule has 1 aliphatic rings. The maximum absolute atomic E-state index is 12.4. The molecule has 0 bridgehead atoms. The van der Waals surface area contributed by atoms with Crippen molar-refractivity contribution in [3.63, 3.8) is 0 Å². The number of methoxy groups -OCH3 is 2. The molecule has 7 nitrogen and oxygen atoms in total. The first-order chi connectivity index (χ1) is 14.4. The van der Waals surface area contributed by atoms with E-state index in [1.165, 1.54) is 14.2 Å². The number of ether oxygens (including phenoxy) is 3. The van der Waals surface area contributed by atoms with E-state index in [0.717, 1.165) is 22.2 Å². The minimum atomic E-state index is -0.666. The largest absolute Gasteiger partial charge is 0.493 e. The first-order valence-electron chi connectivity index (χ1n) is 8.79. The van der Waals surface area contributed by atoms with Crippen LogP contribution in [0.25, 0.3) is 6.08 Å². The number of hydrogen-bond donors (Lipinski definition) is 0. The summed E-state index contributed by atoms with van der Waals surface area (Å²) in [5, 5.41) is 0.0825. The van der Waals surface area contributed by atoms with Crippen LogP contribution in [0.2, 0.25) is 5.02 Å². The number of hydrogen-bond acceptors (Lipinski definition) is 7. The molecule has 156 valence electrons. The molecule has 2 aromatic rings. The number of carbonyl (C=O) groups excluding carboxylic acids is 3. The molecule has 0 spiro atoms. The van der Waals surface area contributed by atoms with E-state index >= 15 is 0 Å². The van der Waals surface area contributed by atoms with Gasteiger partial charge in [-0.15, -0.1) is 0 Å². The summed E-state index contributed by atoms with van der Waals surface area (Å²) in [7, 11) is 2.70. The summed E-state index contributed by atoms with van der Waals surface area (Å²) in [4.78, 5) is 36.9. The predicted molar refractivity (Wildman–Crippen MR) is 113 cm³/mol. The highest BCUT2D eigenvalue weighted by Crippen LogP contribution is 2.35. The van der Waals surface area contributed by atoms with Gasteiger partial charge in [0.05, 0.1) is 19.1 Å². The minimum Gasteiger partial charge on any atom is -0.493 e. The van der Waals surface area contributed by atoms with Crippen LogP contribution in [-0.2, 0) is 20.9 Å². The average Bonchev–Trinajstić information content (AvgIpc) is 3.00. The maximum Gasteiger partial charge on any atom is 0.325 e. The van der Waals surface area contributed by atoms with Crippen LogP contribution >= 0.6 is 23.4 Å². The number of amides is 2. The second-order valence-electron chi connectivity index (χ2n) is 6.13. The zero-order valence-electron chi connectivity index (χ0n) is 16.2. The van der Waals surface area contributed by atoms with Crippen molar-refractivity contribution in [2.45, 2.75) is 6.61 Å². The Morgan fingerprint density at radius 2 is 1.90 bits per heavy atom. The SMILES string of the molecule is COC(=O)CN1C(=O)S/C(=C\c2ccc(OCc3ccccc3Cl)c(OC)c2)C1=O. The molecule has 0 unspecified atom stereocenters.